The van der Waals surface area contributed by atoms with Crippen molar-refractivity contribution >= 4 is 34.7 Å². The molecule has 1 aromatic carbocycles. The first-order valence-corrected chi connectivity index (χ1v) is 7.85. The predicted octanol–water partition coefficient (Wildman–Crippen LogP) is 2.67. The maximum absolute atomic E-state index is 12.2. The largest absolute Gasteiger partial charge is 0.497 e. The normalized spacial score (nSPS) is 11.8. The Morgan fingerprint density at radius 2 is 1.95 bits per heavy atom. The van der Waals surface area contributed by atoms with E-state index in [4.69, 9.17) is 9.47 Å². The van der Waals surface area contributed by atoms with Gasteiger partial charge in [0.2, 0.25) is 5.91 Å². The lowest BCUT2D eigenvalue weighted by Gasteiger charge is -2.12. The van der Waals surface area contributed by atoms with Crippen LogP contribution >= 0.6 is 23.1 Å². The molecular formula is C13H15N3O3S2. The zero-order valence-corrected chi connectivity index (χ0v) is 13.5. The Morgan fingerprint density at radius 3 is 2.48 bits per heavy atom. The molecule has 112 valence electrons. The monoisotopic (exact) mass is 325 g/mol. The van der Waals surface area contributed by atoms with Gasteiger partial charge in [-0.2, -0.15) is 0 Å². The molecule has 1 amide bonds. The van der Waals surface area contributed by atoms with Gasteiger partial charge in [0.15, 0.2) is 4.34 Å². The Bertz CT molecular complexity index is 582. The van der Waals surface area contributed by atoms with Crippen molar-refractivity contribution in [3.63, 3.8) is 0 Å². The topological polar surface area (TPSA) is 73.3 Å². The number of anilines is 1. The number of ether oxygens (including phenoxy) is 2. The molecule has 1 atom stereocenters. The molecule has 0 spiro atoms. The van der Waals surface area contributed by atoms with Crippen molar-refractivity contribution in [2.75, 3.05) is 19.5 Å². The fourth-order valence-electron chi connectivity index (χ4n) is 1.54. The number of carbonyl (C=O) groups is 1. The average Bonchev–Trinajstić information content (AvgIpc) is 2.99. The number of nitrogens with zero attached hydrogens (tertiary/aromatic N) is 2. The van der Waals surface area contributed by atoms with Gasteiger partial charge in [0.25, 0.3) is 0 Å². The lowest BCUT2D eigenvalue weighted by atomic mass is 10.2. The molecule has 0 aliphatic carbocycles. The summed E-state index contributed by atoms with van der Waals surface area (Å²) in [7, 11) is 3.13. The molecular weight excluding hydrogens is 310 g/mol. The van der Waals surface area contributed by atoms with Crippen LogP contribution in [0, 0.1) is 0 Å². The standard InChI is InChI=1S/C13H15N3O3S2/c1-8(21-13-16-14-7-20-13)12(17)15-9-4-10(18-2)6-11(5-9)19-3/h4-8H,1-3H3,(H,15,17). The zero-order valence-electron chi connectivity index (χ0n) is 11.8. The van der Waals surface area contributed by atoms with Gasteiger partial charge >= 0.3 is 0 Å². The highest BCUT2D eigenvalue weighted by Crippen LogP contribution is 2.28. The lowest BCUT2D eigenvalue weighted by molar-refractivity contribution is -0.115. The van der Waals surface area contributed by atoms with Crippen molar-refractivity contribution in [1.82, 2.24) is 10.2 Å². The Balaban J connectivity index is 2.04. The third-order valence-corrected chi connectivity index (χ3v) is 4.52. The summed E-state index contributed by atoms with van der Waals surface area (Å²) >= 11 is 2.78. The molecule has 1 heterocycles. The summed E-state index contributed by atoms with van der Waals surface area (Å²) in [5, 5.41) is 10.2. The summed E-state index contributed by atoms with van der Waals surface area (Å²) in [4.78, 5) is 12.2. The van der Waals surface area contributed by atoms with Crippen LogP contribution in [0.5, 0.6) is 11.5 Å². The minimum atomic E-state index is -0.282. The molecule has 2 aromatic rings. The molecule has 6 nitrogen and oxygen atoms in total. The fourth-order valence-corrected chi connectivity index (χ4v) is 3.17. The minimum absolute atomic E-state index is 0.120. The average molecular weight is 325 g/mol. The first kappa shape index (κ1) is 15.6. The molecule has 21 heavy (non-hydrogen) atoms. The van der Waals surface area contributed by atoms with E-state index in [0.717, 1.165) is 4.34 Å². The van der Waals surface area contributed by atoms with Crippen LogP contribution in [-0.4, -0.2) is 35.6 Å². The number of carbonyl (C=O) groups excluding carboxylic acids is 1. The highest BCUT2D eigenvalue weighted by molar-refractivity contribution is 8.02. The fraction of sp³-hybridized carbons (Fsp3) is 0.308. The van der Waals surface area contributed by atoms with Crippen molar-refractivity contribution in [2.24, 2.45) is 0 Å². The van der Waals surface area contributed by atoms with Gasteiger partial charge in [0.05, 0.1) is 19.5 Å². The van der Waals surface area contributed by atoms with E-state index < -0.39 is 0 Å². The first-order valence-electron chi connectivity index (χ1n) is 6.09. The highest BCUT2D eigenvalue weighted by Gasteiger charge is 2.17. The van der Waals surface area contributed by atoms with Gasteiger partial charge in [-0.25, -0.2) is 0 Å². The Labute approximate surface area is 130 Å². The number of rotatable bonds is 6. The van der Waals surface area contributed by atoms with Crippen LogP contribution in [-0.2, 0) is 4.79 Å². The van der Waals surface area contributed by atoms with E-state index in [1.54, 1.807) is 37.9 Å². The summed E-state index contributed by atoms with van der Waals surface area (Å²) in [5.41, 5.74) is 2.26. The van der Waals surface area contributed by atoms with Crippen LogP contribution in [0.25, 0.3) is 0 Å². The molecule has 2 rings (SSSR count). The van der Waals surface area contributed by atoms with E-state index in [1.807, 2.05) is 6.92 Å². The molecule has 1 unspecified atom stereocenters. The molecule has 0 aliphatic rings. The molecule has 0 saturated heterocycles. The summed E-state index contributed by atoms with van der Waals surface area (Å²) < 4.78 is 11.1. The number of hydrogen-bond acceptors (Lipinski definition) is 7. The van der Waals surface area contributed by atoms with E-state index in [1.165, 1.54) is 23.1 Å². The van der Waals surface area contributed by atoms with Gasteiger partial charge in [0.1, 0.15) is 17.0 Å². The van der Waals surface area contributed by atoms with E-state index in [-0.39, 0.29) is 11.2 Å². The molecule has 0 radical (unpaired) electrons. The maximum atomic E-state index is 12.2. The lowest BCUT2D eigenvalue weighted by Crippen LogP contribution is -2.22. The number of methoxy groups -OCH3 is 2. The quantitative estimate of drug-likeness (QED) is 0.823. The van der Waals surface area contributed by atoms with E-state index >= 15 is 0 Å². The van der Waals surface area contributed by atoms with Gasteiger partial charge in [-0.15, -0.1) is 10.2 Å². The number of hydrogen-bond donors (Lipinski definition) is 1. The maximum Gasteiger partial charge on any atom is 0.237 e. The van der Waals surface area contributed by atoms with Crippen LogP contribution < -0.4 is 14.8 Å². The third-order valence-electron chi connectivity index (χ3n) is 2.61. The molecule has 8 heteroatoms. The Kier molecular flexibility index (Phi) is 5.40. The van der Waals surface area contributed by atoms with Gasteiger partial charge in [-0.3, -0.25) is 4.79 Å². The summed E-state index contributed by atoms with van der Waals surface area (Å²) in [6, 6.07) is 5.22. The Hall–Kier alpha value is -1.80. The van der Waals surface area contributed by atoms with Gasteiger partial charge in [-0.1, -0.05) is 23.1 Å². The number of amides is 1. The second-order valence-electron chi connectivity index (χ2n) is 4.06. The molecule has 0 aliphatic heterocycles. The second kappa shape index (κ2) is 7.28. The van der Waals surface area contributed by atoms with Crippen LogP contribution in [0.4, 0.5) is 5.69 Å². The smallest absolute Gasteiger partial charge is 0.237 e. The molecule has 0 saturated carbocycles. The summed E-state index contributed by atoms with van der Waals surface area (Å²) in [6.45, 7) is 1.82. The molecule has 1 N–H and O–H groups in total. The van der Waals surface area contributed by atoms with Crippen molar-refractivity contribution in [2.45, 2.75) is 16.5 Å². The van der Waals surface area contributed by atoms with Crippen molar-refractivity contribution in [1.29, 1.82) is 0 Å². The van der Waals surface area contributed by atoms with E-state index in [0.29, 0.717) is 17.2 Å². The molecule has 0 bridgehead atoms. The number of aromatic nitrogens is 2. The SMILES string of the molecule is COc1cc(NC(=O)C(C)Sc2nncs2)cc(OC)c1. The predicted molar refractivity (Wildman–Crippen MR) is 83.4 cm³/mol. The molecule has 0 fully saturated rings. The summed E-state index contributed by atoms with van der Waals surface area (Å²) in [5.74, 6) is 1.12. The number of nitrogens with one attached hydrogen (secondary N) is 1. The Morgan fingerprint density at radius 1 is 1.29 bits per heavy atom. The van der Waals surface area contributed by atoms with Crippen LogP contribution in [0.2, 0.25) is 0 Å². The number of benzene rings is 1. The first-order chi connectivity index (χ1) is 10.1. The van der Waals surface area contributed by atoms with Gasteiger partial charge in [0, 0.05) is 23.9 Å². The number of thioether (sulfide) groups is 1. The van der Waals surface area contributed by atoms with Crippen LogP contribution in [0.1, 0.15) is 6.92 Å². The zero-order chi connectivity index (χ0) is 15.2. The minimum Gasteiger partial charge on any atom is -0.497 e. The van der Waals surface area contributed by atoms with E-state index in [9.17, 15) is 4.79 Å². The molecule has 1 aromatic heterocycles. The third kappa shape index (κ3) is 4.33. The summed E-state index contributed by atoms with van der Waals surface area (Å²) in [6.07, 6.45) is 0. The van der Waals surface area contributed by atoms with Crippen molar-refractivity contribution in [3.8, 4) is 11.5 Å². The van der Waals surface area contributed by atoms with Crippen molar-refractivity contribution < 1.29 is 14.3 Å². The van der Waals surface area contributed by atoms with Crippen molar-refractivity contribution in [3.05, 3.63) is 23.7 Å². The second-order valence-corrected chi connectivity index (χ2v) is 6.48. The van der Waals surface area contributed by atoms with Gasteiger partial charge < -0.3 is 14.8 Å². The van der Waals surface area contributed by atoms with Gasteiger partial charge in [-0.05, 0) is 6.92 Å². The van der Waals surface area contributed by atoms with Crippen LogP contribution in [0.15, 0.2) is 28.0 Å². The van der Waals surface area contributed by atoms with Crippen LogP contribution in [0.3, 0.4) is 0 Å². The highest BCUT2D eigenvalue weighted by atomic mass is 32.2. The van der Waals surface area contributed by atoms with E-state index in [2.05, 4.69) is 15.5 Å².